The third-order valence-corrected chi connectivity index (χ3v) is 4.83. The Morgan fingerprint density at radius 1 is 1.23 bits per heavy atom. The number of hydrogen-bond donors (Lipinski definition) is 0. The summed E-state index contributed by atoms with van der Waals surface area (Å²) in [6, 6.07) is 3.44. The number of Topliss-reactive ketones (excluding diaryl/α,β-unsaturated/α-hetero) is 1. The molecule has 138 valence electrons. The summed E-state index contributed by atoms with van der Waals surface area (Å²) < 4.78 is 10.8. The normalized spacial score (nSPS) is 14.0. The molecule has 0 atom stereocenters. The van der Waals surface area contributed by atoms with Crippen LogP contribution in [0.5, 0.6) is 5.75 Å². The molecule has 8 heteroatoms. The summed E-state index contributed by atoms with van der Waals surface area (Å²) in [6.07, 6.45) is -0.201. The highest BCUT2D eigenvalue weighted by Gasteiger charge is 2.33. The Kier molecular flexibility index (Phi) is 5.51. The third-order valence-electron chi connectivity index (χ3n) is 3.87. The number of aryl methyl sites for hydroxylation is 2. The van der Waals surface area contributed by atoms with Gasteiger partial charge < -0.3 is 14.4 Å². The fraction of sp³-hybridized carbons (Fsp3) is 0.444. The van der Waals surface area contributed by atoms with Gasteiger partial charge in [0.25, 0.3) is 0 Å². The van der Waals surface area contributed by atoms with Gasteiger partial charge in [0, 0.05) is 28.9 Å². The number of nitrogens with zero attached hydrogens (tertiary/aromatic N) is 3. The summed E-state index contributed by atoms with van der Waals surface area (Å²) >= 11 is 1.47. The molecule has 1 amide bonds. The molecule has 1 fully saturated rings. The van der Waals surface area contributed by atoms with E-state index >= 15 is 0 Å². The number of pyridine rings is 1. The minimum absolute atomic E-state index is 0.0883. The van der Waals surface area contributed by atoms with E-state index in [9.17, 15) is 9.59 Å². The summed E-state index contributed by atoms with van der Waals surface area (Å²) in [5.74, 6) is 0.499. The Morgan fingerprint density at radius 3 is 2.65 bits per heavy atom. The molecule has 0 saturated carbocycles. The molecule has 0 radical (unpaired) electrons. The lowest BCUT2D eigenvalue weighted by Gasteiger charge is -2.37. The van der Waals surface area contributed by atoms with Crippen LogP contribution in [0.3, 0.4) is 0 Å². The highest BCUT2D eigenvalue weighted by molar-refractivity contribution is 7.09. The van der Waals surface area contributed by atoms with Crippen molar-refractivity contribution in [3.8, 4) is 5.75 Å². The zero-order valence-electron chi connectivity index (χ0n) is 15.0. The van der Waals surface area contributed by atoms with Crippen molar-refractivity contribution in [1.29, 1.82) is 0 Å². The van der Waals surface area contributed by atoms with Gasteiger partial charge in [-0.3, -0.25) is 4.79 Å². The van der Waals surface area contributed by atoms with Gasteiger partial charge in [-0.25, -0.2) is 14.8 Å². The summed E-state index contributed by atoms with van der Waals surface area (Å²) in [5, 5.41) is 2.70. The first kappa shape index (κ1) is 18.3. The molecule has 0 spiro atoms. The van der Waals surface area contributed by atoms with Crippen molar-refractivity contribution in [2.45, 2.75) is 33.3 Å². The molecule has 3 rings (SSSR count). The summed E-state index contributed by atoms with van der Waals surface area (Å²) in [5.41, 5.74) is 1.99. The molecule has 0 aliphatic carbocycles. The Hall–Kier alpha value is -2.48. The molecule has 0 aromatic carbocycles. The van der Waals surface area contributed by atoms with E-state index in [1.54, 1.807) is 24.0 Å². The van der Waals surface area contributed by atoms with Crippen molar-refractivity contribution in [3.05, 3.63) is 39.6 Å². The second kappa shape index (κ2) is 7.82. The lowest BCUT2D eigenvalue weighted by Crippen LogP contribution is -2.56. The largest absolute Gasteiger partial charge is 0.487 e. The molecule has 26 heavy (non-hydrogen) atoms. The van der Waals surface area contributed by atoms with Crippen molar-refractivity contribution >= 4 is 23.2 Å². The van der Waals surface area contributed by atoms with Crippen LogP contribution in [0.4, 0.5) is 4.79 Å². The van der Waals surface area contributed by atoms with Crippen LogP contribution < -0.4 is 4.74 Å². The average molecular weight is 375 g/mol. The molecular weight excluding hydrogens is 354 g/mol. The number of carbonyl (C=O) groups excluding carboxylic acids is 2. The van der Waals surface area contributed by atoms with Gasteiger partial charge in [0.15, 0.2) is 5.78 Å². The highest BCUT2D eigenvalue weighted by atomic mass is 32.1. The fourth-order valence-electron chi connectivity index (χ4n) is 2.63. The second-order valence-electron chi connectivity index (χ2n) is 6.16. The van der Waals surface area contributed by atoms with Gasteiger partial charge in [0.1, 0.15) is 22.6 Å². The molecule has 0 unspecified atom stereocenters. The maximum absolute atomic E-state index is 12.5. The summed E-state index contributed by atoms with van der Waals surface area (Å²) in [6.45, 7) is 6.80. The Labute approximate surface area is 156 Å². The number of carbonyl (C=O) groups is 2. The van der Waals surface area contributed by atoms with E-state index in [0.717, 1.165) is 10.7 Å². The molecule has 0 bridgehead atoms. The van der Waals surface area contributed by atoms with E-state index in [2.05, 4.69) is 9.97 Å². The number of ether oxygens (including phenoxy) is 2. The monoisotopic (exact) mass is 375 g/mol. The van der Waals surface area contributed by atoms with Gasteiger partial charge in [-0.05, 0) is 20.8 Å². The van der Waals surface area contributed by atoms with E-state index in [4.69, 9.17) is 9.47 Å². The first-order chi connectivity index (χ1) is 12.4. The van der Waals surface area contributed by atoms with Crippen LogP contribution in [0.25, 0.3) is 0 Å². The molecule has 2 aromatic heterocycles. The van der Waals surface area contributed by atoms with Gasteiger partial charge >= 0.3 is 6.09 Å². The number of aromatic nitrogens is 2. The molecule has 2 aromatic rings. The quantitative estimate of drug-likeness (QED) is 0.722. The smallest absolute Gasteiger partial charge is 0.410 e. The number of amides is 1. The van der Waals surface area contributed by atoms with Crippen LogP contribution in [0.2, 0.25) is 0 Å². The lowest BCUT2D eigenvalue weighted by molar-refractivity contribution is 0.0126. The van der Waals surface area contributed by atoms with Crippen LogP contribution in [-0.4, -0.2) is 52.5 Å². The average Bonchev–Trinajstić information content (AvgIpc) is 2.95. The van der Waals surface area contributed by atoms with Crippen LogP contribution >= 0.6 is 11.3 Å². The molecule has 1 aliphatic rings. The number of hydrogen-bond acceptors (Lipinski definition) is 7. The van der Waals surface area contributed by atoms with Gasteiger partial charge in [-0.2, -0.15) is 0 Å². The van der Waals surface area contributed by atoms with Crippen molar-refractivity contribution in [1.82, 2.24) is 14.9 Å². The standard InChI is InChI=1S/C18H21N3O4S/c1-4-24-18(23)21-8-14(9-21)25-13-5-11(2)19-15(6-13)16(22)7-17-20-12(3)10-26-17/h5-6,10,14H,4,7-9H2,1-3H3. The number of likely N-dealkylation sites (tertiary alicyclic amines) is 1. The number of rotatable bonds is 6. The van der Waals surface area contributed by atoms with Gasteiger partial charge in [0.2, 0.25) is 0 Å². The van der Waals surface area contributed by atoms with Gasteiger partial charge in [0.05, 0.1) is 26.1 Å². The topological polar surface area (TPSA) is 81.6 Å². The minimum atomic E-state index is -0.326. The Bertz CT molecular complexity index is 815. The van der Waals surface area contributed by atoms with Crippen molar-refractivity contribution < 1.29 is 19.1 Å². The van der Waals surface area contributed by atoms with E-state index in [1.165, 1.54) is 11.3 Å². The van der Waals surface area contributed by atoms with Gasteiger partial charge in [-0.15, -0.1) is 11.3 Å². The van der Waals surface area contributed by atoms with Gasteiger partial charge in [-0.1, -0.05) is 0 Å². The zero-order valence-corrected chi connectivity index (χ0v) is 15.8. The third kappa shape index (κ3) is 4.37. The maximum Gasteiger partial charge on any atom is 0.410 e. The second-order valence-corrected chi connectivity index (χ2v) is 7.10. The number of thiazole rings is 1. The Balaban J connectivity index is 1.61. The van der Waals surface area contributed by atoms with E-state index in [-0.39, 0.29) is 24.4 Å². The fourth-order valence-corrected chi connectivity index (χ4v) is 3.40. The van der Waals surface area contributed by atoms with Crippen molar-refractivity contribution in [3.63, 3.8) is 0 Å². The van der Waals surface area contributed by atoms with Crippen molar-refractivity contribution in [2.24, 2.45) is 0 Å². The minimum Gasteiger partial charge on any atom is -0.487 e. The molecular formula is C18H21N3O4S. The predicted molar refractivity (Wildman–Crippen MR) is 96.9 cm³/mol. The van der Waals surface area contributed by atoms with E-state index < -0.39 is 0 Å². The Morgan fingerprint density at radius 2 is 2.00 bits per heavy atom. The van der Waals surface area contributed by atoms with Crippen LogP contribution in [-0.2, 0) is 11.2 Å². The van der Waals surface area contributed by atoms with Crippen molar-refractivity contribution in [2.75, 3.05) is 19.7 Å². The van der Waals surface area contributed by atoms with Crippen LogP contribution in [0.1, 0.15) is 33.8 Å². The molecule has 7 nitrogen and oxygen atoms in total. The summed E-state index contributed by atoms with van der Waals surface area (Å²) in [4.78, 5) is 34.3. The number of ketones is 1. The SMILES string of the molecule is CCOC(=O)N1CC(Oc2cc(C)nc(C(=O)Cc3nc(C)cs3)c2)C1. The first-order valence-corrected chi connectivity index (χ1v) is 9.33. The van der Waals surface area contributed by atoms with E-state index in [1.807, 2.05) is 19.2 Å². The molecule has 1 aliphatic heterocycles. The molecule has 0 N–H and O–H groups in total. The molecule has 1 saturated heterocycles. The zero-order chi connectivity index (χ0) is 18.7. The lowest BCUT2D eigenvalue weighted by atomic mass is 10.1. The maximum atomic E-state index is 12.5. The highest BCUT2D eigenvalue weighted by Crippen LogP contribution is 2.21. The molecule has 3 heterocycles. The van der Waals surface area contributed by atoms with E-state index in [0.29, 0.717) is 36.8 Å². The summed E-state index contributed by atoms with van der Waals surface area (Å²) in [7, 11) is 0. The van der Waals surface area contributed by atoms with Crippen LogP contribution in [0.15, 0.2) is 17.5 Å². The van der Waals surface area contributed by atoms with Crippen LogP contribution in [0, 0.1) is 13.8 Å². The first-order valence-electron chi connectivity index (χ1n) is 8.46. The predicted octanol–water partition coefficient (Wildman–Crippen LogP) is 2.80.